The zero-order chi connectivity index (χ0) is 23.0. The van der Waals surface area contributed by atoms with Gasteiger partial charge in [0.2, 0.25) is 0 Å². The predicted octanol–water partition coefficient (Wildman–Crippen LogP) is 2.20. The third-order valence-corrected chi connectivity index (χ3v) is 6.34. The van der Waals surface area contributed by atoms with Crippen molar-refractivity contribution in [2.45, 2.75) is 6.61 Å². The molecule has 0 aliphatic rings. The summed E-state index contributed by atoms with van der Waals surface area (Å²) in [4.78, 5) is 55.0. The molecule has 3 aromatic carbocycles. The third kappa shape index (κ3) is 2.46. The Kier molecular flexibility index (Phi) is 3.80. The van der Waals surface area contributed by atoms with E-state index in [1.54, 1.807) is 18.2 Å². The van der Waals surface area contributed by atoms with Crippen LogP contribution in [0.1, 0.15) is 5.56 Å². The molecule has 0 spiro atoms. The highest BCUT2D eigenvalue weighted by atomic mass is 16.5. The maximum Gasteiger partial charge on any atom is 0.263 e. The minimum atomic E-state index is -0.588. The first-order valence-electron chi connectivity index (χ1n) is 10.4. The van der Waals surface area contributed by atoms with E-state index in [0.717, 1.165) is 14.7 Å². The van der Waals surface area contributed by atoms with Gasteiger partial charge in [-0.2, -0.15) is 0 Å². The number of hydrogen-bond donors (Lipinski definition) is 1. The Morgan fingerprint density at radius 3 is 1.97 bits per heavy atom. The summed E-state index contributed by atoms with van der Waals surface area (Å²) in [6.07, 6.45) is 0. The van der Waals surface area contributed by atoms with Crippen LogP contribution < -0.4 is 27.0 Å². The van der Waals surface area contributed by atoms with E-state index in [1.807, 2.05) is 30.3 Å². The predicted molar refractivity (Wildman–Crippen MR) is 127 cm³/mol. The summed E-state index contributed by atoms with van der Waals surface area (Å²) in [6.45, 7) is 0.361. The molecule has 0 saturated heterocycles. The largest absolute Gasteiger partial charge is 0.489 e. The van der Waals surface area contributed by atoms with Crippen molar-refractivity contribution in [3.8, 4) is 5.75 Å². The molecule has 8 heteroatoms. The van der Waals surface area contributed by atoms with Crippen molar-refractivity contribution in [3.63, 3.8) is 0 Å². The van der Waals surface area contributed by atoms with Gasteiger partial charge in [0.05, 0.1) is 27.1 Å². The number of fused-ring (bicyclic) bond motifs is 8. The molecule has 6 aromatic rings. The Morgan fingerprint density at radius 1 is 0.727 bits per heavy atom. The second kappa shape index (κ2) is 6.52. The smallest absolute Gasteiger partial charge is 0.263 e. The molecule has 0 aliphatic carbocycles. The Hall–Kier alpha value is -4.46. The molecule has 3 aromatic heterocycles. The summed E-state index contributed by atoms with van der Waals surface area (Å²) in [5.41, 5.74) is -0.149. The van der Waals surface area contributed by atoms with E-state index < -0.39 is 22.2 Å². The van der Waals surface area contributed by atoms with Gasteiger partial charge in [-0.25, -0.2) is 0 Å². The number of nitrogens with zero attached hydrogens (tertiary/aromatic N) is 2. The SMILES string of the molecule is Cn1c(=O)c2c3[nH]c4ccc(OCc5ccccc5)cc4c3c3c(=O)n(C)c(=O)c3c2c1=O. The Morgan fingerprint density at radius 2 is 1.30 bits per heavy atom. The van der Waals surface area contributed by atoms with Gasteiger partial charge in [-0.3, -0.25) is 28.3 Å². The highest BCUT2D eigenvalue weighted by Gasteiger charge is 2.26. The van der Waals surface area contributed by atoms with E-state index in [-0.39, 0.29) is 21.5 Å². The Labute approximate surface area is 184 Å². The van der Waals surface area contributed by atoms with Gasteiger partial charge >= 0.3 is 0 Å². The molecule has 1 N–H and O–H groups in total. The van der Waals surface area contributed by atoms with Gasteiger partial charge in [0.25, 0.3) is 22.2 Å². The molecule has 6 rings (SSSR count). The van der Waals surface area contributed by atoms with Crippen LogP contribution in [0.5, 0.6) is 5.75 Å². The number of ether oxygens (including phenoxy) is 1. The lowest BCUT2D eigenvalue weighted by Crippen LogP contribution is -2.22. The van der Waals surface area contributed by atoms with Gasteiger partial charge in [-0.15, -0.1) is 0 Å². The van der Waals surface area contributed by atoms with Crippen LogP contribution >= 0.6 is 0 Å². The monoisotopic (exact) mass is 439 g/mol. The van der Waals surface area contributed by atoms with Gasteiger partial charge in [-0.1, -0.05) is 30.3 Å². The van der Waals surface area contributed by atoms with E-state index in [2.05, 4.69) is 4.98 Å². The van der Waals surface area contributed by atoms with Gasteiger partial charge in [0, 0.05) is 30.4 Å². The number of rotatable bonds is 3. The van der Waals surface area contributed by atoms with Crippen molar-refractivity contribution in [1.29, 1.82) is 0 Å². The quantitative estimate of drug-likeness (QED) is 0.455. The standard InChI is InChI=1S/C25H17N3O5/c1-27-22(29)17-16-14-10-13(33-11-12-6-4-3-5-7-12)8-9-15(14)26-21(16)20-19(18(17)23(27)30)24(31)28(2)25(20)32/h3-10,26H,11H2,1-2H3. The third-order valence-electron chi connectivity index (χ3n) is 6.34. The minimum absolute atomic E-state index is 0.00999. The van der Waals surface area contributed by atoms with E-state index in [1.165, 1.54) is 14.1 Å². The van der Waals surface area contributed by atoms with Crippen LogP contribution in [0.2, 0.25) is 0 Å². The first-order chi connectivity index (χ1) is 15.9. The van der Waals surface area contributed by atoms with Crippen LogP contribution in [0.3, 0.4) is 0 Å². The molecular weight excluding hydrogens is 422 g/mol. The molecule has 0 saturated carbocycles. The lowest BCUT2D eigenvalue weighted by atomic mass is 10.0. The fraction of sp³-hybridized carbons (Fsp3) is 0.120. The molecule has 0 fully saturated rings. The first kappa shape index (κ1) is 19.2. The fourth-order valence-corrected chi connectivity index (χ4v) is 4.66. The van der Waals surface area contributed by atoms with Crippen LogP contribution in [0.15, 0.2) is 67.7 Å². The summed E-state index contributed by atoms with van der Waals surface area (Å²) >= 11 is 0. The molecule has 0 radical (unpaired) electrons. The van der Waals surface area contributed by atoms with Crippen molar-refractivity contribution in [1.82, 2.24) is 14.1 Å². The Bertz CT molecular complexity index is 1970. The van der Waals surface area contributed by atoms with Crippen LogP contribution in [-0.4, -0.2) is 14.1 Å². The molecule has 3 heterocycles. The molecule has 33 heavy (non-hydrogen) atoms. The maximum atomic E-state index is 13.1. The topological polar surface area (TPSA) is 103 Å². The minimum Gasteiger partial charge on any atom is -0.489 e. The number of benzene rings is 3. The molecular formula is C25H17N3O5. The molecule has 0 unspecified atom stereocenters. The van der Waals surface area contributed by atoms with Crippen molar-refractivity contribution in [2.75, 3.05) is 0 Å². The summed E-state index contributed by atoms with van der Waals surface area (Å²) < 4.78 is 7.90. The summed E-state index contributed by atoms with van der Waals surface area (Å²) in [5.74, 6) is 0.575. The van der Waals surface area contributed by atoms with Crippen molar-refractivity contribution >= 4 is 43.4 Å². The normalized spacial score (nSPS) is 11.9. The molecule has 8 nitrogen and oxygen atoms in total. The lowest BCUT2D eigenvalue weighted by molar-refractivity contribution is 0.306. The molecule has 0 aliphatic heterocycles. The number of H-pyrrole nitrogens is 1. The molecule has 0 amide bonds. The van der Waals surface area contributed by atoms with Gasteiger partial charge in [-0.05, 0) is 23.8 Å². The highest BCUT2D eigenvalue weighted by molar-refractivity contribution is 6.31. The van der Waals surface area contributed by atoms with Crippen LogP contribution in [0.25, 0.3) is 43.4 Å². The lowest BCUT2D eigenvalue weighted by Gasteiger charge is -2.06. The summed E-state index contributed by atoms with van der Waals surface area (Å²) in [6, 6.07) is 15.1. The van der Waals surface area contributed by atoms with Crippen molar-refractivity contribution < 1.29 is 4.74 Å². The van der Waals surface area contributed by atoms with E-state index in [9.17, 15) is 19.2 Å². The maximum absolute atomic E-state index is 13.1. The number of nitrogens with one attached hydrogen (secondary N) is 1. The number of aromatic amines is 1. The average Bonchev–Trinajstić information content (AvgIpc) is 3.39. The van der Waals surface area contributed by atoms with E-state index >= 15 is 0 Å². The van der Waals surface area contributed by atoms with E-state index in [4.69, 9.17) is 4.74 Å². The summed E-state index contributed by atoms with van der Waals surface area (Å²) in [5, 5.41) is 1.32. The van der Waals surface area contributed by atoms with Crippen LogP contribution in [0.4, 0.5) is 0 Å². The number of aromatic nitrogens is 3. The number of hydrogen-bond acceptors (Lipinski definition) is 5. The van der Waals surface area contributed by atoms with Crippen LogP contribution in [-0.2, 0) is 20.7 Å². The molecule has 162 valence electrons. The van der Waals surface area contributed by atoms with Crippen molar-refractivity contribution in [3.05, 3.63) is 95.5 Å². The second-order valence-electron chi connectivity index (χ2n) is 8.20. The Balaban J connectivity index is 1.73. The fourth-order valence-electron chi connectivity index (χ4n) is 4.66. The van der Waals surface area contributed by atoms with Crippen molar-refractivity contribution in [2.24, 2.45) is 14.1 Å². The van der Waals surface area contributed by atoms with Gasteiger partial charge in [0.1, 0.15) is 12.4 Å². The average molecular weight is 439 g/mol. The second-order valence-corrected chi connectivity index (χ2v) is 8.20. The van der Waals surface area contributed by atoms with Crippen LogP contribution in [0, 0.1) is 0 Å². The van der Waals surface area contributed by atoms with Gasteiger partial charge in [0.15, 0.2) is 0 Å². The molecule has 0 atom stereocenters. The highest BCUT2D eigenvalue weighted by Crippen LogP contribution is 2.36. The van der Waals surface area contributed by atoms with Gasteiger partial charge < -0.3 is 9.72 Å². The molecule has 0 bridgehead atoms. The van der Waals surface area contributed by atoms with E-state index in [0.29, 0.717) is 34.2 Å². The zero-order valence-corrected chi connectivity index (χ0v) is 17.8. The first-order valence-corrected chi connectivity index (χ1v) is 10.4. The zero-order valence-electron chi connectivity index (χ0n) is 17.8. The summed E-state index contributed by atoms with van der Waals surface area (Å²) in [7, 11) is 2.74.